The van der Waals surface area contributed by atoms with Gasteiger partial charge in [0.25, 0.3) is 0 Å². The Hall–Kier alpha value is 0.310. The van der Waals surface area contributed by atoms with E-state index in [-0.39, 0.29) is 0 Å². The smallest absolute Gasteiger partial charge is 0.00963 e. The van der Waals surface area contributed by atoms with E-state index in [0.29, 0.717) is 0 Å². The molecule has 2 heteroatoms. The van der Waals surface area contributed by atoms with E-state index in [1.54, 1.807) is 0 Å². The molecule has 66 valence electrons. The summed E-state index contributed by atoms with van der Waals surface area (Å²) in [7, 11) is 0. The molecule has 1 N–H and O–H groups in total. The third kappa shape index (κ3) is 4.02. The molecule has 0 aromatic rings. The number of hydrogen-bond donors (Lipinski definition) is 1. The Bertz CT molecular complexity index is 106. The summed E-state index contributed by atoms with van der Waals surface area (Å²) < 4.78 is 0. The zero-order chi connectivity index (χ0) is 8.10. The Labute approximate surface area is 74.3 Å². The largest absolute Gasteiger partial charge is 0.314 e. The van der Waals surface area contributed by atoms with E-state index in [1.807, 2.05) is 11.8 Å². The molecule has 1 aliphatic carbocycles. The summed E-state index contributed by atoms with van der Waals surface area (Å²) in [5, 5.41) is 3.55. The molecule has 0 aromatic heterocycles. The first kappa shape index (κ1) is 9.40. The molecule has 1 saturated carbocycles. The van der Waals surface area contributed by atoms with Gasteiger partial charge in [-0.05, 0) is 36.8 Å². The van der Waals surface area contributed by atoms with Gasteiger partial charge in [0, 0.05) is 6.04 Å². The molecule has 0 amide bonds. The van der Waals surface area contributed by atoms with Crippen molar-refractivity contribution < 1.29 is 0 Å². The van der Waals surface area contributed by atoms with Gasteiger partial charge in [0.05, 0.1) is 0 Å². The molecule has 2 unspecified atom stereocenters. The van der Waals surface area contributed by atoms with Crippen LogP contribution < -0.4 is 5.32 Å². The maximum absolute atomic E-state index is 3.55. The molecule has 0 spiro atoms. The molecule has 0 radical (unpaired) electrons. The standard InChI is InChI=1S/C9H19NS/c1-3-11-6-4-5-10-9-7-8(9)2/h8-10H,3-7H2,1-2H3. The summed E-state index contributed by atoms with van der Waals surface area (Å²) in [5.41, 5.74) is 0. The highest BCUT2D eigenvalue weighted by molar-refractivity contribution is 7.99. The molecule has 11 heavy (non-hydrogen) atoms. The molecule has 1 fully saturated rings. The molecule has 0 saturated heterocycles. The highest BCUT2D eigenvalue weighted by Gasteiger charge is 2.31. The van der Waals surface area contributed by atoms with Gasteiger partial charge in [0.2, 0.25) is 0 Å². The molecule has 2 atom stereocenters. The Morgan fingerprint density at radius 1 is 1.55 bits per heavy atom. The minimum Gasteiger partial charge on any atom is -0.314 e. The summed E-state index contributed by atoms with van der Waals surface area (Å²) in [4.78, 5) is 0. The molecule has 0 heterocycles. The molecular weight excluding hydrogens is 154 g/mol. The van der Waals surface area contributed by atoms with Crippen LogP contribution >= 0.6 is 11.8 Å². The Balaban J connectivity index is 1.74. The van der Waals surface area contributed by atoms with Crippen LogP contribution in [0, 0.1) is 5.92 Å². The first-order valence-corrected chi connectivity index (χ1v) is 5.81. The monoisotopic (exact) mass is 173 g/mol. The van der Waals surface area contributed by atoms with Gasteiger partial charge < -0.3 is 5.32 Å². The van der Waals surface area contributed by atoms with Gasteiger partial charge in [-0.1, -0.05) is 13.8 Å². The van der Waals surface area contributed by atoms with Crippen molar-refractivity contribution in [3.8, 4) is 0 Å². The zero-order valence-electron chi connectivity index (χ0n) is 7.60. The second-order valence-electron chi connectivity index (χ2n) is 3.32. The van der Waals surface area contributed by atoms with Gasteiger partial charge >= 0.3 is 0 Å². The lowest BCUT2D eigenvalue weighted by Gasteiger charge is -2.01. The Morgan fingerprint density at radius 2 is 2.27 bits per heavy atom. The third-order valence-electron chi connectivity index (χ3n) is 2.19. The van der Waals surface area contributed by atoms with Gasteiger partial charge in [0.1, 0.15) is 0 Å². The van der Waals surface area contributed by atoms with Gasteiger partial charge in [-0.15, -0.1) is 0 Å². The number of thioether (sulfide) groups is 1. The van der Waals surface area contributed by atoms with Crippen LogP contribution in [-0.2, 0) is 0 Å². The topological polar surface area (TPSA) is 12.0 Å². The van der Waals surface area contributed by atoms with E-state index in [0.717, 1.165) is 12.0 Å². The molecule has 1 rings (SSSR count). The minimum absolute atomic E-state index is 0.863. The van der Waals surface area contributed by atoms with Gasteiger partial charge in [-0.25, -0.2) is 0 Å². The van der Waals surface area contributed by atoms with Crippen LogP contribution in [-0.4, -0.2) is 24.1 Å². The van der Waals surface area contributed by atoms with Crippen molar-refractivity contribution in [2.24, 2.45) is 5.92 Å². The summed E-state index contributed by atoms with van der Waals surface area (Å²) in [6.45, 7) is 5.77. The highest BCUT2D eigenvalue weighted by Crippen LogP contribution is 2.28. The average molecular weight is 173 g/mol. The van der Waals surface area contributed by atoms with Crippen LogP contribution in [0.3, 0.4) is 0 Å². The fourth-order valence-electron chi connectivity index (χ4n) is 1.21. The van der Waals surface area contributed by atoms with E-state index in [9.17, 15) is 0 Å². The zero-order valence-corrected chi connectivity index (χ0v) is 8.41. The Morgan fingerprint density at radius 3 is 2.82 bits per heavy atom. The first-order valence-electron chi connectivity index (χ1n) is 4.65. The number of nitrogens with one attached hydrogen (secondary N) is 1. The SMILES string of the molecule is CCSCCCNC1CC1C. The van der Waals surface area contributed by atoms with Crippen LogP contribution in [0.4, 0.5) is 0 Å². The second kappa shape index (κ2) is 5.04. The Kier molecular flexibility index (Phi) is 4.31. The van der Waals surface area contributed by atoms with Crippen molar-refractivity contribution in [1.82, 2.24) is 5.32 Å². The second-order valence-corrected chi connectivity index (χ2v) is 4.72. The highest BCUT2D eigenvalue weighted by atomic mass is 32.2. The van der Waals surface area contributed by atoms with Crippen molar-refractivity contribution >= 4 is 11.8 Å². The molecule has 1 nitrogen and oxygen atoms in total. The fraction of sp³-hybridized carbons (Fsp3) is 1.00. The van der Waals surface area contributed by atoms with E-state index in [4.69, 9.17) is 0 Å². The predicted molar refractivity (Wildman–Crippen MR) is 53.2 cm³/mol. The van der Waals surface area contributed by atoms with Crippen LogP contribution in [0.5, 0.6) is 0 Å². The van der Waals surface area contributed by atoms with Crippen molar-refractivity contribution in [2.45, 2.75) is 32.7 Å². The van der Waals surface area contributed by atoms with Gasteiger partial charge in [0.15, 0.2) is 0 Å². The lowest BCUT2D eigenvalue weighted by atomic mass is 10.4. The summed E-state index contributed by atoms with van der Waals surface area (Å²) in [5.74, 6) is 3.54. The average Bonchev–Trinajstić information content (AvgIpc) is 2.67. The summed E-state index contributed by atoms with van der Waals surface area (Å²) >= 11 is 2.04. The molecule has 0 aromatic carbocycles. The lowest BCUT2D eigenvalue weighted by Crippen LogP contribution is -2.19. The summed E-state index contributed by atoms with van der Waals surface area (Å²) in [6.07, 6.45) is 2.74. The van der Waals surface area contributed by atoms with Gasteiger partial charge in [-0.2, -0.15) is 11.8 Å². The first-order chi connectivity index (χ1) is 5.34. The molecule has 0 aliphatic heterocycles. The predicted octanol–water partition coefficient (Wildman–Crippen LogP) is 2.13. The number of hydrogen-bond acceptors (Lipinski definition) is 2. The van der Waals surface area contributed by atoms with E-state index in [2.05, 4.69) is 19.2 Å². The summed E-state index contributed by atoms with van der Waals surface area (Å²) in [6, 6.07) is 0.863. The van der Waals surface area contributed by atoms with Gasteiger partial charge in [-0.3, -0.25) is 0 Å². The van der Waals surface area contributed by atoms with Crippen LogP contribution in [0.2, 0.25) is 0 Å². The lowest BCUT2D eigenvalue weighted by molar-refractivity contribution is 0.644. The van der Waals surface area contributed by atoms with Crippen LogP contribution in [0.1, 0.15) is 26.7 Å². The molecule has 1 aliphatic rings. The molecular formula is C9H19NS. The van der Waals surface area contributed by atoms with Crippen molar-refractivity contribution in [1.29, 1.82) is 0 Å². The maximum Gasteiger partial charge on any atom is 0.00963 e. The van der Waals surface area contributed by atoms with Crippen molar-refractivity contribution in [3.63, 3.8) is 0 Å². The molecule has 0 bridgehead atoms. The number of rotatable bonds is 6. The minimum atomic E-state index is 0.863. The quantitative estimate of drug-likeness (QED) is 0.618. The fourth-order valence-corrected chi connectivity index (χ4v) is 1.85. The van der Waals surface area contributed by atoms with E-state index < -0.39 is 0 Å². The van der Waals surface area contributed by atoms with Crippen molar-refractivity contribution in [3.05, 3.63) is 0 Å². The van der Waals surface area contributed by atoms with E-state index in [1.165, 1.54) is 30.9 Å². The maximum atomic E-state index is 3.55. The van der Waals surface area contributed by atoms with Crippen molar-refractivity contribution in [2.75, 3.05) is 18.1 Å². The van der Waals surface area contributed by atoms with Crippen LogP contribution in [0.25, 0.3) is 0 Å². The van der Waals surface area contributed by atoms with E-state index >= 15 is 0 Å². The normalized spacial score (nSPS) is 28.9. The third-order valence-corrected chi connectivity index (χ3v) is 3.17. The van der Waals surface area contributed by atoms with Crippen LogP contribution in [0.15, 0.2) is 0 Å².